The van der Waals surface area contributed by atoms with Crippen LogP contribution in [0.4, 0.5) is 0 Å². The zero-order chi connectivity index (χ0) is 13.2. The average Bonchev–Trinajstić information content (AvgIpc) is 2.88. The highest BCUT2D eigenvalue weighted by molar-refractivity contribution is 7.99. The van der Waals surface area contributed by atoms with E-state index in [0.717, 1.165) is 25.3 Å². The summed E-state index contributed by atoms with van der Waals surface area (Å²) in [6.07, 6.45) is 2.75. The highest BCUT2D eigenvalue weighted by Gasteiger charge is 2.15. The minimum Gasteiger partial charge on any atom is -0.468 e. The van der Waals surface area contributed by atoms with Crippen molar-refractivity contribution in [1.29, 1.82) is 0 Å². The third-order valence-corrected chi connectivity index (χ3v) is 3.89. The van der Waals surface area contributed by atoms with E-state index in [1.165, 1.54) is 25.3 Å². The first kappa shape index (κ1) is 18.5. The number of esters is 1. The number of carbonyl (C=O) groups is 2. The van der Waals surface area contributed by atoms with Gasteiger partial charge in [0, 0.05) is 18.7 Å². The van der Waals surface area contributed by atoms with Crippen LogP contribution >= 0.6 is 24.2 Å². The van der Waals surface area contributed by atoms with Gasteiger partial charge >= 0.3 is 5.97 Å². The monoisotopic (exact) mass is 310 g/mol. The third kappa shape index (κ3) is 9.13. The van der Waals surface area contributed by atoms with Gasteiger partial charge in [-0.1, -0.05) is 0 Å². The maximum Gasteiger partial charge on any atom is 0.315 e. The summed E-state index contributed by atoms with van der Waals surface area (Å²) in [5, 5.41) is 6.16. The standard InChI is InChI=1S/C12H22N2O3S.ClH/c1-17-12(16)9-18-7-6-14-11(15)3-2-10-4-5-13-8-10;/h10,13H,2-9H2,1H3,(H,14,15);1H. The molecule has 1 heterocycles. The van der Waals surface area contributed by atoms with E-state index in [2.05, 4.69) is 15.4 Å². The topological polar surface area (TPSA) is 67.4 Å². The van der Waals surface area contributed by atoms with E-state index in [-0.39, 0.29) is 24.3 Å². The molecule has 7 heteroatoms. The van der Waals surface area contributed by atoms with E-state index in [0.29, 0.717) is 24.6 Å². The molecule has 2 N–H and O–H groups in total. The molecular weight excluding hydrogens is 288 g/mol. The van der Waals surface area contributed by atoms with Crippen LogP contribution in [0.1, 0.15) is 19.3 Å². The number of nitrogens with one attached hydrogen (secondary N) is 2. The van der Waals surface area contributed by atoms with Crippen molar-refractivity contribution in [1.82, 2.24) is 10.6 Å². The summed E-state index contributed by atoms with van der Waals surface area (Å²) in [6.45, 7) is 2.74. The van der Waals surface area contributed by atoms with Crippen molar-refractivity contribution in [2.24, 2.45) is 5.92 Å². The number of hydrogen-bond donors (Lipinski definition) is 2. The van der Waals surface area contributed by atoms with Crippen LogP contribution in [0.5, 0.6) is 0 Å². The molecular formula is C12H23ClN2O3S. The Morgan fingerprint density at radius 1 is 1.47 bits per heavy atom. The van der Waals surface area contributed by atoms with Crippen molar-refractivity contribution in [2.75, 3.05) is 38.2 Å². The van der Waals surface area contributed by atoms with Crippen molar-refractivity contribution in [2.45, 2.75) is 19.3 Å². The summed E-state index contributed by atoms with van der Waals surface area (Å²) >= 11 is 1.47. The number of amides is 1. The fourth-order valence-corrected chi connectivity index (χ4v) is 2.54. The Hall–Kier alpha value is -0.460. The number of hydrogen-bond acceptors (Lipinski definition) is 5. The highest BCUT2D eigenvalue weighted by atomic mass is 35.5. The van der Waals surface area contributed by atoms with Crippen LogP contribution in [0.3, 0.4) is 0 Å². The first-order valence-corrected chi connectivity index (χ1v) is 7.50. The van der Waals surface area contributed by atoms with E-state index < -0.39 is 0 Å². The highest BCUT2D eigenvalue weighted by Crippen LogP contribution is 2.13. The first-order valence-electron chi connectivity index (χ1n) is 6.34. The molecule has 1 aliphatic heterocycles. The lowest BCUT2D eigenvalue weighted by Crippen LogP contribution is -2.26. The number of carbonyl (C=O) groups excluding carboxylic acids is 2. The van der Waals surface area contributed by atoms with Gasteiger partial charge in [-0.05, 0) is 31.8 Å². The Bertz CT molecular complexity index is 274. The van der Waals surface area contributed by atoms with Crippen molar-refractivity contribution in [3.8, 4) is 0 Å². The van der Waals surface area contributed by atoms with Crippen LogP contribution in [0.15, 0.2) is 0 Å². The Labute approximate surface area is 125 Å². The molecule has 0 spiro atoms. The van der Waals surface area contributed by atoms with Gasteiger partial charge < -0.3 is 15.4 Å². The molecule has 1 amide bonds. The summed E-state index contributed by atoms with van der Waals surface area (Å²) in [4.78, 5) is 22.3. The Balaban J connectivity index is 0.00000324. The lowest BCUT2D eigenvalue weighted by Gasteiger charge is -2.08. The molecule has 1 unspecified atom stereocenters. The Kier molecular flexibility index (Phi) is 11.1. The van der Waals surface area contributed by atoms with E-state index in [9.17, 15) is 9.59 Å². The number of ether oxygens (including phenoxy) is 1. The van der Waals surface area contributed by atoms with Gasteiger partial charge in [0.1, 0.15) is 0 Å². The normalized spacial score (nSPS) is 17.6. The minimum absolute atomic E-state index is 0. The van der Waals surface area contributed by atoms with Crippen molar-refractivity contribution < 1.29 is 14.3 Å². The maximum atomic E-state index is 11.5. The molecule has 1 aliphatic rings. The van der Waals surface area contributed by atoms with Crippen LogP contribution in [0, 0.1) is 5.92 Å². The molecule has 0 radical (unpaired) electrons. The number of rotatable bonds is 8. The van der Waals surface area contributed by atoms with Gasteiger partial charge in [-0.3, -0.25) is 9.59 Å². The Morgan fingerprint density at radius 3 is 2.89 bits per heavy atom. The van der Waals surface area contributed by atoms with E-state index in [4.69, 9.17) is 0 Å². The van der Waals surface area contributed by atoms with Gasteiger partial charge in [-0.25, -0.2) is 0 Å². The molecule has 0 aliphatic carbocycles. The van der Waals surface area contributed by atoms with Crippen molar-refractivity contribution in [3.05, 3.63) is 0 Å². The maximum absolute atomic E-state index is 11.5. The average molecular weight is 311 g/mol. The molecule has 1 saturated heterocycles. The zero-order valence-electron chi connectivity index (χ0n) is 11.3. The van der Waals surface area contributed by atoms with Crippen LogP contribution in [0.25, 0.3) is 0 Å². The lowest BCUT2D eigenvalue weighted by atomic mass is 10.0. The second-order valence-electron chi connectivity index (χ2n) is 4.38. The van der Waals surface area contributed by atoms with Gasteiger partial charge in [-0.15, -0.1) is 24.2 Å². The smallest absolute Gasteiger partial charge is 0.315 e. The summed E-state index contributed by atoms with van der Waals surface area (Å²) < 4.78 is 4.52. The van der Waals surface area contributed by atoms with E-state index in [1.54, 1.807) is 0 Å². The van der Waals surface area contributed by atoms with Gasteiger partial charge in [0.05, 0.1) is 12.9 Å². The fraction of sp³-hybridized carbons (Fsp3) is 0.833. The largest absolute Gasteiger partial charge is 0.468 e. The molecule has 0 aromatic carbocycles. The predicted octanol–water partition coefficient (Wildman–Crippen LogP) is 0.820. The number of thioether (sulfide) groups is 1. The third-order valence-electron chi connectivity index (χ3n) is 2.96. The molecule has 0 aromatic heterocycles. The van der Waals surface area contributed by atoms with Crippen LogP contribution < -0.4 is 10.6 Å². The van der Waals surface area contributed by atoms with Crippen LogP contribution in [0.2, 0.25) is 0 Å². The second-order valence-corrected chi connectivity index (χ2v) is 5.48. The van der Waals surface area contributed by atoms with Crippen molar-refractivity contribution >= 4 is 36.0 Å². The molecule has 112 valence electrons. The minimum atomic E-state index is -0.222. The van der Waals surface area contributed by atoms with Crippen molar-refractivity contribution in [3.63, 3.8) is 0 Å². The lowest BCUT2D eigenvalue weighted by molar-refractivity contribution is -0.137. The fourth-order valence-electron chi connectivity index (χ4n) is 1.86. The molecule has 19 heavy (non-hydrogen) atoms. The first-order chi connectivity index (χ1) is 8.72. The SMILES string of the molecule is COC(=O)CSCCNC(=O)CCC1CCNC1.Cl. The second kappa shape index (κ2) is 11.4. The van der Waals surface area contributed by atoms with Gasteiger partial charge in [0.25, 0.3) is 0 Å². The number of methoxy groups -OCH3 is 1. The van der Waals surface area contributed by atoms with Gasteiger partial charge in [0.2, 0.25) is 5.91 Å². The van der Waals surface area contributed by atoms with Crippen LogP contribution in [-0.4, -0.2) is 50.1 Å². The Morgan fingerprint density at radius 2 is 2.26 bits per heavy atom. The molecule has 1 atom stereocenters. The summed E-state index contributed by atoms with van der Waals surface area (Å²) in [6, 6.07) is 0. The molecule has 1 rings (SSSR count). The van der Waals surface area contributed by atoms with E-state index >= 15 is 0 Å². The molecule has 0 aromatic rings. The predicted molar refractivity (Wildman–Crippen MR) is 79.8 cm³/mol. The van der Waals surface area contributed by atoms with Crippen LogP contribution in [-0.2, 0) is 14.3 Å². The molecule has 0 bridgehead atoms. The molecule has 0 saturated carbocycles. The molecule has 1 fully saturated rings. The quantitative estimate of drug-likeness (QED) is 0.513. The van der Waals surface area contributed by atoms with Gasteiger partial charge in [-0.2, -0.15) is 0 Å². The summed E-state index contributed by atoms with van der Waals surface area (Å²) in [7, 11) is 1.38. The van der Waals surface area contributed by atoms with Gasteiger partial charge in [0.15, 0.2) is 0 Å². The molecule has 5 nitrogen and oxygen atoms in total. The zero-order valence-corrected chi connectivity index (χ0v) is 12.9. The number of halogens is 1. The summed E-state index contributed by atoms with van der Waals surface area (Å²) in [5.41, 5.74) is 0. The summed E-state index contributed by atoms with van der Waals surface area (Å²) in [5.74, 6) is 1.64. The van der Waals surface area contributed by atoms with E-state index in [1.807, 2.05) is 0 Å².